The van der Waals surface area contributed by atoms with E-state index in [9.17, 15) is 4.79 Å². The fraction of sp³-hybridized carbons (Fsp3) is 0.182. The topological polar surface area (TPSA) is 20.3 Å². The molecule has 0 aliphatic rings. The van der Waals surface area contributed by atoms with Crippen LogP contribution >= 0.6 is 15.9 Å². The molecule has 2 nitrogen and oxygen atoms in total. The highest BCUT2D eigenvalue weighted by Crippen LogP contribution is 2.12. The second-order valence-corrected chi connectivity index (χ2v) is 3.90. The van der Waals surface area contributed by atoms with Crippen molar-refractivity contribution in [1.29, 1.82) is 0 Å². The van der Waals surface area contributed by atoms with E-state index in [4.69, 9.17) is 0 Å². The molecular weight excluding hydrogens is 242 g/mol. The van der Waals surface area contributed by atoms with Crippen LogP contribution in [0.4, 0.5) is 0 Å². The number of hydrogen-bond acceptors (Lipinski definition) is 1. The van der Waals surface area contributed by atoms with Crippen LogP contribution in [0.2, 0.25) is 0 Å². The molecule has 0 fully saturated rings. The Hall–Kier alpha value is -1.09. The minimum absolute atomic E-state index is 0.00574. The summed E-state index contributed by atoms with van der Waals surface area (Å²) in [6, 6.07) is 7.35. The van der Waals surface area contributed by atoms with E-state index in [1.54, 1.807) is 24.1 Å². The van der Waals surface area contributed by atoms with Crippen LogP contribution in [0.3, 0.4) is 0 Å². The highest BCUT2D eigenvalue weighted by atomic mass is 79.9. The maximum absolute atomic E-state index is 11.7. The zero-order chi connectivity index (χ0) is 10.6. The van der Waals surface area contributed by atoms with Crippen LogP contribution in [0.1, 0.15) is 10.4 Å². The van der Waals surface area contributed by atoms with Crippen molar-refractivity contribution < 1.29 is 4.79 Å². The van der Waals surface area contributed by atoms with Crippen molar-refractivity contribution in [3.8, 4) is 0 Å². The molecular formula is C11H12BrNO. The molecule has 0 N–H and O–H groups in total. The number of amides is 1. The summed E-state index contributed by atoms with van der Waals surface area (Å²) in [5.41, 5.74) is 0.684. The average Bonchev–Trinajstić information content (AvgIpc) is 2.17. The third-order valence-electron chi connectivity index (χ3n) is 1.82. The normalized spacial score (nSPS) is 9.57. The largest absolute Gasteiger partial charge is 0.338 e. The molecule has 0 aromatic heterocycles. The summed E-state index contributed by atoms with van der Waals surface area (Å²) < 4.78 is 0.912. The van der Waals surface area contributed by atoms with Crippen LogP contribution in [0, 0.1) is 0 Å². The first-order valence-corrected chi connectivity index (χ1v) is 5.06. The van der Waals surface area contributed by atoms with E-state index in [1.165, 1.54) is 0 Å². The number of halogens is 1. The molecule has 1 amide bonds. The molecule has 1 rings (SSSR count). The lowest BCUT2D eigenvalue weighted by molar-refractivity contribution is 0.0810. The molecule has 0 atom stereocenters. The highest BCUT2D eigenvalue weighted by molar-refractivity contribution is 9.10. The van der Waals surface area contributed by atoms with Gasteiger partial charge in [-0.25, -0.2) is 0 Å². The average molecular weight is 254 g/mol. The quantitative estimate of drug-likeness (QED) is 0.759. The lowest BCUT2D eigenvalue weighted by Gasteiger charge is -2.14. The number of rotatable bonds is 3. The van der Waals surface area contributed by atoms with Gasteiger partial charge in [0.25, 0.3) is 5.91 Å². The Kier molecular flexibility index (Phi) is 3.89. The zero-order valence-electron chi connectivity index (χ0n) is 8.03. The van der Waals surface area contributed by atoms with Gasteiger partial charge in [0.15, 0.2) is 0 Å². The molecule has 1 aromatic rings. The lowest BCUT2D eigenvalue weighted by Crippen LogP contribution is -2.26. The van der Waals surface area contributed by atoms with Gasteiger partial charge in [0, 0.05) is 23.6 Å². The number of hydrogen-bond donors (Lipinski definition) is 0. The van der Waals surface area contributed by atoms with Crippen molar-refractivity contribution >= 4 is 21.8 Å². The van der Waals surface area contributed by atoms with Gasteiger partial charge in [-0.15, -0.1) is 6.58 Å². The smallest absolute Gasteiger partial charge is 0.253 e. The summed E-state index contributed by atoms with van der Waals surface area (Å²) in [7, 11) is 1.75. The van der Waals surface area contributed by atoms with Crippen molar-refractivity contribution in [3.05, 3.63) is 47.0 Å². The molecule has 0 heterocycles. The fourth-order valence-corrected chi connectivity index (χ4v) is 1.52. The first-order chi connectivity index (χ1) is 6.65. The van der Waals surface area contributed by atoms with E-state index in [2.05, 4.69) is 22.5 Å². The van der Waals surface area contributed by atoms with Crippen LogP contribution in [-0.4, -0.2) is 24.4 Å². The number of carbonyl (C=O) groups excluding carboxylic acids is 1. The van der Waals surface area contributed by atoms with Gasteiger partial charge in [-0.3, -0.25) is 4.79 Å². The van der Waals surface area contributed by atoms with Gasteiger partial charge in [0.1, 0.15) is 0 Å². The minimum atomic E-state index is 0.00574. The molecule has 0 saturated carbocycles. The molecule has 14 heavy (non-hydrogen) atoms. The van der Waals surface area contributed by atoms with Crippen molar-refractivity contribution in [2.24, 2.45) is 0 Å². The molecule has 3 heteroatoms. The Morgan fingerprint density at radius 1 is 1.64 bits per heavy atom. The van der Waals surface area contributed by atoms with Crippen molar-refractivity contribution in [1.82, 2.24) is 4.90 Å². The van der Waals surface area contributed by atoms with E-state index in [0.29, 0.717) is 12.1 Å². The van der Waals surface area contributed by atoms with Gasteiger partial charge in [-0.2, -0.15) is 0 Å². The van der Waals surface area contributed by atoms with E-state index in [-0.39, 0.29) is 5.91 Å². The Morgan fingerprint density at radius 2 is 2.36 bits per heavy atom. The first-order valence-electron chi connectivity index (χ1n) is 4.27. The predicted octanol–water partition coefficient (Wildman–Crippen LogP) is 2.71. The predicted molar refractivity (Wildman–Crippen MR) is 61.3 cm³/mol. The van der Waals surface area contributed by atoms with Gasteiger partial charge >= 0.3 is 0 Å². The van der Waals surface area contributed by atoms with E-state index < -0.39 is 0 Å². The molecule has 0 saturated heterocycles. The molecule has 0 aliphatic carbocycles. The lowest BCUT2D eigenvalue weighted by atomic mass is 10.2. The van der Waals surface area contributed by atoms with Crippen LogP contribution < -0.4 is 0 Å². The number of carbonyl (C=O) groups is 1. The van der Waals surface area contributed by atoms with Crippen molar-refractivity contribution in [2.45, 2.75) is 0 Å². The number of nitrogens with zero attached hydrogens (tertiary/aromatic N) is 1. The molecule has 0 spiro atoms. The summed E-state index contributed by atoms with van der Waals surface area (Å²) in [6.07, 6.45) is 1.70. The summed E-state index contributed by atoms with van der Waals surface area (Å²) in [5.74, 6) is 0.00574. The molecule has 74 valence electrons. The van der Waals surface area contributed by atoms with Gasteiger partial charge in [0.2, 0.25) is 0 Å². The molecule has 0 unspecified atom stereocenters. The molecule has 0 aliphatic heterocycles. The van der Waals surface area contributed by atoms with Gasteiger partial charge in [-0.1, -0.05) is 28.1 Å². The maximum atomic E-state index is 11.7. The standard InChI is InChI=1S/C11H12BrNO/c1-3-7-13(2)11(14)9-5-4-6-10(12)8-9/h3-6,8H,1,7H2,2H3. The molecule has 1 aromatic carbocycles. The third-order valence-corrected chi connectivity index (χ3v) is 2.31. The molecule has 0 radical (unpaired) electrons. The van der Waals surface area contributed by atoms with Crippen LogP contribution in [0.5, 0.6) is 0 Å². The van der Waals surface area contributed by atoms with Crippen molar-refractivity contribution in [2.75, 3.05) is 13.6 Å². The number of likely N-dealkylation sites (N-methyl/N-ethyl adjacent to an activating group) is 1. The zero-order valence-corrected chi connectivity index (χ0v) is 9.62. The second-order valence-electron chi connectivity index (χ2n) is 2.98. The van der Waals surface area contributed by atoms with Crippen LogP contribution in [0.15, 0.2) is 41.4 Å². The summed E-state index contributed by atoms with van der Waals surface area (Å²) >= 11 is 3.33. The van der Waals surface area contributed by atoms with E-state index >= 15 is 0 Å². The Bertz CT molecular complexity index is 349. The van der Waals surface area contributed by atoms with Gasteiger partial charge in [-0.05, 0) is 18.2 Å². The molecule has 0 bridgehead atoms. The van der Waals surface area contributed by atoms with E-state index in [1.807, 2.05) is 18.2 Å². The number of benzene rings is 1. The second kappa shape index (κ2) is 4.96. The SMILES string of the molecule is C=CCN(C)C(=O)c1cccc(Br)c1. The Morgan fingerprint density at radius 3 is 2.93 bits per heavy atom. The van der Waals surface area contributed by atoms with Crippen LogP contribution in [0.25, 0.3) is 0 Å². The van der Waals surface area contributed by atoms with Gasteiger partial charge in [0.05, 0.1) is 0 Å². The summed E-state index contributed by atoms with van der Waals surface area (Å²) in [6.45, 7) is 4.15. The van der Waals surface area contributed by atoms with E-state index in [0.717, 1.165) is 4.47 Å². The third kappa shape index (κ3) is 2.70. The summed E-state index contributed by atoms with van der Waals surface area (Å²) in [4.78, 5) is 13.4. The summed E-state index contributed by atoms with van der Waals surface area (Å²) in [5, 5.41) is 0. The monoisotopic (exact) mass is 253 g/mol. The van der Waals surface area contributed by atoms with Crippen molar-refractivity contribution in [3.63, 3.8) is 0 Å². The highest BCUT2D eigenvalue weighted by Gasteiger charge is 2.09. The van der Waals surface area contributed by atoms with Crippen LogP contribution in [-0.2, 0) is 0 Å². The first kappa shape index (κ1) is 11.0. The van der Waals surface area contributed by atoms with Gasteiger partial charge < -0.3 is 4.90 Å². The fourth-order valence-electron chi connectivity index (χ4n) is 1.12. The Balaban J connectivity index is 2.83. The minimum Gasteiger partial charge on any atom is -0.338 e. The maximum Gasteiger partial charge on any atom is 0.253 e. The Labute approximate surface area is 92.4 Å².